The molecule has 0 bridgehead atoms. The third-order valence-electron chi connectivity index (χ3n) is 4.64. The molecule has 0 aromatic heterocycles. The third kappa shape index (κ3) is 5.49. The van der Waals surface area contributed by atoms with Gasteiger partial charge in [-0.1, -0.05) is 82.2 Å². The Morgan fingerprint density at radius 1 is 0.955 bits per heavy atom. The molecule has 2 saturated carbocycles. The van der Waals surface area contributed by atoms with Crippen molar-refractivity contribution >= 4 is 27.6 Å². The maximum absolute atomic E-state index is 5.28. The van der Waals surface area contributed by atoms with Crippen molar-refractivity contribution in [2.75, 3.05) is 0 Å². The topological polar surface area (TPSA) is 14.1 Å². The first kappa shape index (κ1) is 21.5. The standard InChI is InChI=1S/C17H28NSi.2ClH.Ti/c1-11-12(2)14(4)16(13(11)3)19(15-9-8-10-15)18-17(5,6)7;;;/h15H,8-10H2,1-7H3;2*1H;/q-1;;;+2/p-2. The Kier molecular flexibility index (Phi) is 9.04. The van der Waals surface area contributed by atoms with Crippen LogP contribution in [0, 0.1) is 29.2 Å². The van der Waals surface area contributed by atoms with Gasteiger partial charge in [0.15, 0.2) is 0 Å². The molecule has 0 saturated heterocycles. The molecule has 0 spiro atoms. The van der Waals surface area contributed by atoms with E-state index >= 15 is 0 Å². The normalized spacial score (nSPS) is 23.5. The monoisotopic (exact) mass is 392 g/mol. The quantitative estimate of drug-likeness (QED) is 0.481. The molecule has 2 aliphatic rings. The van der Waals surface area contributed by atoms with Crippen LogP contribution >= 0.6 is 18.6 Å². The Bertz CT molecular complexity index is 319. The van der Waals surface area contributed by atoms with Crippen LogP contribution in [0.15, 0.2) is 0 Å². The second-order valence-corrected chi connectivity index (χ2v) is 12.1. The second-order valence-electron chi connectivity index (χ2n) is 7.24. The van der Waals surface area contributed by atoms with E-state index in [9.17, 15) is 0 Å². The third-order valence-corrected chi connectivity index (χ3v) is 8.17. The zero-order valence-corrected chi connectivity index (χ0v) is 19.0. The van der Waals surface area contributed by atoms with Gasteiger partial charge in [-0.2, -0.15) is 0 Å². The molecule has 0 aromatic carbocycles. The number of nitrogens with zero attached hydrogens (tertiary/aromatic N) is 1. The van der Waals surface area contributed by atoms with Gasteiger partial charge >= 0.3 is 35.6 Å². The summed E-state index contributed by atoms with van der Waals surface area (Å²) in [4.78, 5) is 5.28. The molecule has 0 heterocycles. The van der Waals surface area contributed by atoms with Crippen molar-refractivity contribution in [3.8, 4) is 0 Å². The summed E-state index contributed by atoms with van der Waals surface area (Å²) < 4.78 is 0. The number of hydrogen-bond donors (Lipinski definition) is 0. The van der Waals surface area contributed by atoms with Gasteiger partial charge in [0, 0.05) is 0 Å². The van der Waals surface area contributed by atoms with E-state index in [1.54, 1.807) is 5.54 Å². The molecule has 2 aliphatic carbocycles. The van der Waals surface area contributed by atoms with E-state index in [0.717, 1.165) is 5.54 Å². The molecule has 0 aliphatic heterocycles. The Morgan fingerprint density at radius 2 is 1.36 bits per heavy atom. The van der Waals surface area contributed by atoms with Gasteiger partial charge < -0.3 is 4.98 Å². The first-order valence-electron chi connectivity index (χ1n) is 7.93. The number of halogens is 2. The molecule has 22 heavy (non-hydrogen) atoms. The number of rotatable bonds is 3. The SMILES string of the molecule is C[C]1[C](C)[C](C)[C]([Si]([N-]C(C)(C)C)C2CCC2)[C]1C.[Cl][Ti][Cl]. The average Bonchev–Trinajstić information content (AvgIpc) is 2.50. The van der Waals surface area contributed by atoms with Gasteiger partial charge in [0.1, 0.15) is 0 Å². The molecule has 6 radical (unpaired) electrons. The van der Waals surface area contributed by atoms with Gasteiger partial charge in [0.05, 0.1) is 0 Å². The molecular formula is C17H28Cl2NSiTi-. The molecule has 5 heteroatoms. The van der Waals surface area contributed by atoms with Crippen molar-refractivity contribution in [3.05, 3.63) is 34.2 Å². The molecule has 1 nitrogen and oxygen atoms in total. The van der Waals surface area contributed by atoms with Crippen LogP contribution in [0.2, 0.25) is 5.54 Å². The van der Waals surface area contributed by atoms with Crippen LogP contribution < -0.4 is 0 Å². The zero-order chi connectivity index (χ0) is 17.1. The van der Waals surface area contributed by atoms with Gasteiger partial charge in [0.2, 0.25) is 0 Å². The summed E-state index contributed by atoms with van der Waals surface area (Å²) in [5, 5.41) is 0. The van der Waals surface area contributed by atoms with Crippen LogP contribution in [0.5, 0.6) is 0 Å². The molecule has 2 rings (SSSR count). The van der Waals surface area contributed by atoms with Crippen molar-refractivity contribution in [2.24, 2.45) is 0 Å². The predicted octanol–water partition coefficient (Wildman–Crippen LogP) is 6.59. The fourth-order valence-electron chi connectivity index (χ4n) is 3.00. The molecule has 0 atom stereocenters. The molecule has 0 N–H and O–H groups in total. The summed E-state index contributed by atoms with van der Waals surface area (Å²) in [6.45, 7) is 15.9. The summed E-state index contributed by atoms with van der Waals surface area (Å²) in [6.07, 6.45) is 4.21. The number of hydrogen-bond acceptors (Lipinski definition) is 0. The molecular weight excluding hydrogens is 365 g/mol. The van der Waals surface area contributed by atoms with E-state index in [1.165, 1.54) is 42.9 Å². The minimum absolute atomic E-state index is 0.0991. The minimum atomic E-state index is -0.758. The van der Waals surface area contributed by atoms with Crippen molar-refractivity contribution in [3.63, 3.8) is 0 Å². The van der Waals surface area contributed by atoms with Crippen LogP contribution in [0.3, 0.4) is 0 Å². The summed E-state index contributed by atoms with van der Waals surface area (Å²) >= 11 is -0.556. The van der Waals surface area contributed by atoms with Gasteiger partial charge in [-0.3, -0.25) is 0 Å². The van der Waals surface area contributed by atoms with E-state index in [1.807, 2.05) is 0 Å². The van der Waals surface area contributed by atoms with E-state index in [2.05, 4.69) is 48.5 Å². The Morgan fingerprint density at radius 3 is 1.64 bits per heavy atom. The van der Waals surface area contributed by atoms with Gasteiger partial charge in [-0.25, -0.2) is 0 Å². The maximum atomic E-state index is 5.28. The van der Waals surface area contributed by atoms with Crippen molar-refractivity contribution in [2.45, 2.75) is 78.8 Å². The predicted molar refractivity (Wildman–Crippen MR) is 97.1 cm³/mol. The molecule has 0 aromatic rings. The van der Waals surface area contributed by atoms with Crippen LogP contribution in [-0.2, 0) is 17.0 Å². The van der Waals surface area contributed by atoms with E-state index < -0.39 is 26.0 Å². The fourth-order valence-corrected chi connectivity index (χ4v) is 6.52. The summed E-state index contributed by atoms with van der Waals surface area (Å²) in [5.41, 5.74) is 2.62. The molecule has 0 amide bonds. The van der Waals surface area contributed by atoms with Crippen molar-refractivity contribution < 1.29 is 17.0 Å². The summed E-state index contributed by atoms with van der Waals surface area (Å²) in [5.74, 6) is 6.06. The van der Waals surface area contributed by atoms with E-state index in [0.29, 0.717) is 0 Å². The second kappa shape index (κ2) is 9.25. The first-order valence-corrected chi connectivity index (χ1v) is 13.8. The Balaban J connectivity index is 0.000000745. The summed E-state index contributed by atoms with van der Waals surface area (Å²) in [7, 11) is 9.02. The van der Waals surface area contributed by atoms with Crippen LogP contribution in [-0.4, -0.2) is 14.5 Å². The fraction of sp³-hybridized carbons (Fsp3) is 0.706. The Labute approximate surface area is 157 Å². The van der Waals surface area contributed by atoms with Gasteiger partial charge in [0.25, 0.3) is 0 Å². The van der Waals surface area contributed by atoms with Crippen LogP contribution in [0.25, 0.3) is 4.98 Å². The average molecular weight is 393 g/mol. The van der Waals surface area contributed by atoms with Crippen molar-refractivity contribution in [1.29, 1.82) is 0 Å². The van der Waals surface area contributed by atoms with Gasteiger partial charge in [-0.15, -0.1) is 5.54 Å². The van der Waals surface area contributed by atoms with Gasteiger partial charge in [-0.05, 0) is 29.2 Å². The molecule has 0 unspecified atom stereocenters. The van der Waals surface area contributed by atoms with Crippen LogP contribution in [0.4, 0.5) is 0 Å². The first-order chi connectivity index (χ1) is 10.1. The summed E-state index contributed by atoms with van der Waals surface area (Å²) in [6, 6.07) is 0. The molecule has 2 fully saturated rings. The van der Waals surface area contributed by atoms with E-state index in [-0.39, 0.29) is 5.54 Å². The Hall–Kier alpha value is 1.47. The van der Waals surface area contributed by atoms with Crippen molar-refractivity contribution in [1.82, 2.24) is 0 Å². The zero-order valence-electron chi connectivity index (χ0n) is 14.9. The van der Waals surface area contributed by atoms with E-state index in [4.69, 9.17) is 23.6 Å². The molecule has 124 valence electrons. The van der Waals surface area contributed by atoms with Crippen LogP contribution in [0.1, 0.15) is 67.7 Å².